The van der Waals surface area contributed by atoms with Crippen molar-refractivity contribution >= 4 is 21.9 Å². The minimum Gasteiger partial charge on any atom is -0.478 e. The normalized spacial score (nSPS) is 10.7. The lowest BCUT2D eigenvalue weighted by molar-refractivity contribution is 0.326. The zero-order valence-corrected chi connectivity index (χ0v) is 13.0. The van der Waals surface area contributed by atoms with Crippen molar-refractivity contribution in [3.63, 3.8) is 0 Å². The number of rotatable bonds is 8. The van der Waals surface area contributed by atoms with Gasteiger partial charge in [0, 0.05) is 30.2 Å². The molecule has 0 bridgehead atoms. The Kier molecular flexibility index (Phi) is 7.01. The fraction of sp³-hybridized carbons (Fsp3) is 0.692. The van der Waals surface area contributed by atoms with Gasteiger partial charge in [0.2, 0.25) is 11.8 Å². The number of nitrogens with zero attached hydrogens (tertiary/aromatic N) is 3. The fourth-order valence-corrected chi connectivity index (χ4v) is 2.35. The predicted octanol–water partition coefficient (Wildman–Crippen LogP) is 3.27. The van der Waals surface area contributed by atoms with Gasteiger partial charge in [-0.1, -0.05) is 29.8 Å². The van der Waals surface area contributed by atoms with E-state index < -0.39 is 0 Å². The van der Waals surface area contributed by atoms with Crippen molar-refractivity contribution in [1.82, 2.24) is 9.97 Å². The van der Waals surface area contributed by atoms with Gasteiger partial charge in [0.25, 0.3) is 0 Å². The Balaban J connectivity index is 2.93. The number of anilines is 1. The van der Waals surface area contributed by atoms with Crippen LogP contribution < -0.4 is 9.64 Å². The Morgan fingerprint density at radius 1 is 1.33 bits per heavy atom. The first-order valence-corrected chi connectivity index (χ1v) is 7.67. The molecule has 0 saturated heterocycles. The molecule has 4 nitrogen and oxygen atoms in total. The van der Waals surface area contributed by atoms with E-state index in [0.29, 0.717) is 18.5 Å². The molecule has 102 valence electrons. The first-order valence-electron chi connectivity index (χ1n) is 6.55. The van der Waals surface area contributed by atoms with Gasteiger partial charge in [-0.15, -0.1) is 0 Å². The van der Waals surface area contributed by atoms with Crippen molar-refractivity contribution in [2.75, 3.05) is 23.4 Å². The maximum Gasteiger partial charge on any atom is 0.228 e. The molecule has 1 aromatic heterocycles. The molecule has 0 aliphatic carbocycles. The summed E-state index contributed by atoms with van der Waals surface area (Å²) in [6, 6.07) is 2.27. The Hall–Kier alpha value is -0.840. The minimum atomic E-state index is 0.472. The molecule has 1 rings (SSSR count). The van der Waals surface area contributed by atoms with E-state index in [1.54, 1.807) is 12.3 Å². The summed E-state index contributed by atoms with van der Waals surface area (Å²) in [4.78, 5) is 11.1. The van der Waals surface area contributed by atoms with Crippen molar-refractivity contribution in [2.45, 2.75) is 39.7 Å². The molecule has 0 aromatic carbocycles. The van der Waals surface area contributed by atoms with E-state index in [4.69, 9.17) is 4.74 Å². The lowest BCUT2D eigenvalue weighted by Crippen LogP contribution is -2.37. The summed E-state index contributed by atoms with van der Waals surface area (Å²) in [6.45, 7) is 7.88. The summed E-state index contributed by atoms with van der Waals surface area (Å²) in [5.41, 5.74) is 0. The van der Waals surface area contributed by atoms with Gasteiger partial charge in [-0.05, 0) is 19.8 Å². The van der Waals surface area contributed by atoms with E-state index in [-0.39, 0.29) is 0 Å². The molecule has 0 atom stereocenters. The highest BCUT2D eigenvalue weighted by atomic mass is 79.9. The Labute approximate surface area is 118 Å². The molecular weight excluding hydrogens is 294 g/mol. The van der Waals surface area contributed by atoms with Crippen LogP contribution in [0.4, 0.5) is 5.95 Å². The molecule has 5 heteroatoms. The van der Waals surface area contributed by atoms with Crippen LogP contribution in [0, 0.1) is 0 Å². The Bertz CT molecular complexity index is 345. The van der Waals surface area contributed by atoms with Gasteiger partial charge in [0.05, 0.1) is 6.61 Å². The highest BCUT2D eigenvalue weighted by Gasteiger charge is 2.17. The predicted molar refractivity (Wildman–Crippen MR) is 78.7 cm³/mol. The highest BCUT2D eigenvalue weighted by Crippen LogP contribution is 2.18. The van der Waals surface area contributed by atoms with Crippen molar-refractivity contribution in [1.29, 1.82) is 0 Å². The van der Waals surface area contributed by atoms with Crippen LogP contribution in [0.15, 0.2) is 12.3 Å². The number of ether oxygens (including phenoxy) is 1. The van der Waals surface area contributed by atoms with Crippen LogP contribution in [0.25, 0.3) is 0 Å². The average Bonchev–Trinajstić information content (AvgIpc) is 2.40. The zero-order valence-electron chi connectivity index (χ0n) is 11.4. The second kappa shape index (κ2) is 8.29. The molecule has 0 radical (unpaired) electrons. The molecular formula is C13H22BrN3O. The Morgan fingerprint density at radius 2 is 2.06 bits per heavy atom. The summed E-state index contributed by atoms with van der Waals surface area (Å²) in [7, 11) is 0. The molecule has 1 aromatic rings. The third-order valence-corrected chi connectivity index (χ3v) is 3.23. The van der Waals surface area contributed by atoms with Gasteiger partial charge in [0.15, 0.2) is 0 Å². The van der Waals surface area contributed by atoms with Crippen molar-refractivity contribution in [3.05, 3.63) is 12.3 Å². The van der Waals surface area contributed by atoms with Crippen LogP contribution in [0.3, 0.4) is 0 Å². The van der Waals surface area contributed by atoms with Crippen LogP contribution in [0.1, 0.15) is 33.6 Å². The van der Waals surface area contributed by atoms with Gasteiger partial charge >= 0.3 is 0 Å². The van der Waals surface area contributed by atoms with Gasteiger partial charge in [-0.3, -0.25) is 0 Å². The average molecular weight is 316 g/mol. The van der Waals surface area contributed by atoms with Crippen LogP contribution in [-0.2, 0) is 0 Å². The highest BCUT2D eigenvalue weighted by molar-refractivity contribution is 9.09. The zero-order chi connectivity index (χ0) is 13.4. The molecule has 0 aliphatic rings. The largest absolute Gasteiger partial charge is 0.478 e. The standard InChI is InChI=1S/C13H22BrN3O/c1-4-11(5-2)17(10-8-14)13-15-9-7-12(16-13)18-6-3/h7,9,11H,4-6,8,10H2,1-3H3. The number of halogens is 1. The molecule has 0 saturated carbocycles. The molecule has 0 aliphatic heterocycles. The van der Waals surface area contributed by atoms with E-state index in [1.807, 2.05) is 6.92 Å². The third-order valence-electron chi connectivity index (χ3n) is 2.88. The van der Waals surface area contributed by atoms with Gasteiger partial charge in [-0.2, -0.15) is 4.98 Å². The SMILES string of the molecule is CCOc1ccnc(N(CCBr)C(CC)CC)n1. The summed E-state index contributed by atoms with van der Waals surface area (Å²) in [5.74, 6) is 1.40. The van der Waals surface area contributed by atoms with E-state index in [9.17, 15) is 0 Å². The number of hydrogen-bond donors (Lipinski definition) is 0. The van der Waals surface area contributed by atoms with Crippen LogP contribution in [0.5, 0.6) is 5.88 Å². The first kappa shape index (κ1) is 15.2. The van der Waals surface area contributed by atoms with E-state index in [2.05, 4.69) is 44.6 Å². The summed E-state index contributed by atoms with van der Waals surface area (Å²) < 4.78 is 5.43. The Morgan fingerprint density at radius 3 is 2.61 bits per heavy atom. The number of alkyl halides is 1. The second-order valence-corrected chi connectivity index (χ2v) is 4.77. The van der Waals surface area contributed by atoms with Crippen LogP contribution in [-0.4, -0.2) is 34.5 Å². The van der Waals surface area contributed by atoms with Gasteiger partial charge in [-0.25, -0.2) is 4.98 Å². The fourth-order valence-electron chi connectivity index (χ4n) is 1.97. The smallest absolute Gasteiger partial charge is 0.228 e. The maximum atomic E-state index is 5.43. The molecule has 0 spiro atoms. The third kappa shape index (κ3) is 4.12. The monoisotopic (exact) mass is 315 g/mol. The van der Waals surface area contributed by atoms with E-state index >= 15 is 0 Å². The van der Waals surface area contributed by atoms with Gasteiger partial charge < -0.3 is 9.64 Å². The van der Waals surface area contributed by atoms with Crippen molar-refractivity contribution in [2.24, 2.45) is 0 Å². The first-order chi connectivity index (χ1) is 8.76. The van der Waals surface area contributed by atoms with E-state index in [0.717, 1.165) is 30.7 Å². The minimum absolute atomic E-state index is 0.472. The second-order valence-electron chi connectivity index (χ2n) is 3.98. The summed E-state index contributed by atoms with van der Waals surface area (Å²) in [5, 5.41) is 0.908. The number of hydrogen-bond acceptors (Lipinski definition) is 4. The summed E-state index contributed by atoms with van der Waals surface area (Å²) in [6.07, 6.45) is 3.94. The van der Waals surface area contributed by atoms with Crippen molar-refractivity contribution < 1.29 is 4.74 Å². The lowest BCUT2D eigenvalue weighted by atomic mass is 10.1. The molecule has 0 unspecified atom stereocenters. The molecule has 0 fully saturated rings. The van der Waals surface area contributed by atoms with Crippen LogP contribution in [0.2, 0.25) is 0 Å². The molecule has 0 N–H and O–H groups in total. The maximum absolute atomic E-state index is 5.43. The van der Waals surface area contributed by atoms with Crippen LogP contribution >= 0.6 is 15.9 Å². The number of aromatic nitrogens is 2. The topological polar surface area (TPSA) is 38.2 Å². The summed E-state index contributed by atoms with van der Waals surface area (Å²) >= 11 is 3.49. The molecule has 1 heterocycles. The molecule has 18 heavy (non-hydrogen) atoms. The van der Waals surface area contributed by atoms with Gasteiger partial charge in [0.1, 0.15) is 0 Å². The molecule has 0 amide bonds. The quantitative estimate of drug-likeness (QED) is 0.690. The van der Waals surface area contributed by atoms with E-state index in [1.165, 1.54) is 0 Å². The van der Waals surface area contributed by atoms with Crippen molar-refractivity contribution in [3.8, 4) is 5.88 Å². The lowest BCUT2D eigenvalue weighted by Gasteiger charge is -2.30.